The number of rotatable bonds is 10. The van der Waals surface area contributed by atoms with Crippen molar-refractivity contribution < 1.29 is 22.3 Å². The lowest BCUT2D eigenvalue weighted by atomic mass is 9.72. The summed E-state index contributed by atoms with van der Waals surface area (Å²) in [5, 5.41) is 8.15. The van der Waals surface area contributed by atoms with Crippen LogP contribution in [0.15, 0.2) is 24.5 Å². The second-order valence-corrected chi connectivity index (χ2v) is 16.2. The van der Waals surface area contributed by atoms with Gasteiger partial charge in [0, 0.05) is 69.4 Å². The molecule has 0 unspecified atom stereocenters. The minimum absolute atomic E-state index is 0.0437. The summed E-state index contributed by atoms with van der Waals surface area (Å²) in [6.07, 6.45) is 5.29. The third-order valence-electron chi connectivity index (χ3n) is 10.2. The highest BCUT2D eigenvalue weighted by molar-refractivity contribution is 7.86. The molecule has 1 spiro atoms. The smallest absolute Gasteiger partial charge is 0.282 e. The molecule has 6 rings (SSSR count). The zero-order valence-electron chi connectivity index (χ0n) is 27.9. The number of anilines is 1. The summed E-state index contributed by atoms with van der Waals surface area (Å²) < 4.78 is 49.3. The van der Waals surface area contributed by atoms with Gasteiger partial charge >= 0.3 is 0 Å². The van der Waals surface area contributed by atoms with Crippen LogP contribution in [0.5, 0.6) is 11.6 Å². The standard InChI is InChI=1S/C32H48FN9O4S/c1-22(2)42(23(3)4)31(43)27-15-25(33)5-6-28(27)46-30-29(35-21-36-37-30)39-19-32(20-39)9-13-38(14-10-32)16-24-7-11-40(12-8-24)47(44,45)41-17-26(34)18-41/h5-6,15,21-24,26H,7-14,16-20,34H2,1-4H3. The molecule has 4 aliphatic rings. The molecule has 1 aromatic heterocycles. The van der Waals surface area contributed by atoms with Crippen LogP contribution < -0.4 is 15.4 Å². The number of piperidine rings is 2. The SMILES string of the molecule is CC(C)N(C(=O)c1cc(F)ccc1Oc1nncnc1N1CC2(CCN(CC3CCN(S(=O)(=O)N4CC(N)C4)CC3)CC2)C1)C(C)C. The number of benzene rings is 1. The van der Waals surface area contributed by atoms with Crippen LogP contribution in [0.1, 0.15) is 63.7 Å². The predicted octanol–water partition coefficient (Wildman–Crippen LogP) is 2.56. The van der Waals surface area contributed by atoms with Crippen LogP contribution in [0.4, 0.5) is 10.2 Å². The van der Waals surface area contributed by atoms with Crippen LogP contribution in [-0.2, 0) is 10.2 Å². The molecule has 15 heteroatoms. The molecule has 0 saturated carbocycles. The minimum atomic E-state index is -3.38. The number of amides is 1. The number of nitrogens with zero attached hydrogens (tertiary/aromatic N) is 8. The van der Waals surface area contributed by atoms with Gasteiger partial charge in [-0.2, -0.15) is 17.0 Å². The summed E-state index contributed by atoms with van der Waals surface area (Å²) >= 11 is 0. The monoisotopic (exact) mass is 673 g/mol. The molecule has 2 N–H and O–H groups in total. The van der Waals surface area contributed by atoms with Crippen LogP contribution in [0.3, 0.4) is 0 Å². The van der Waals surface area contributed by atoms with Crippen LogP contribution >= 0.6 is 0 Å². The average Bonchev–Trinajstić information content (AvgIpc) is 3.00. The van der Waals surface area contributed by atoms with Crippen molar-refractivity contribution in [1.82, 2.24) is 33.6 Å². The van der Waals surface area contributed by atoms with E-state index >= 15 is 0 Å². The highest BCUT2D eigenvalue weighted by atomic mass is 32.2. The van der Waals surface area contributed by atoms with Crippen LogP contribution in [0.25, 0.3) is 0 Å². The van der Waals surface area contributed by atoms with Gasteiger partial charge in [-0.05, 0) is 90.6 Å². The molecule has 0 atom stereocenters. The number of hydrogen-bond acceptors (Lipinski definition) is 10. The summed E-state index contributed by atoms with van der Waals surface area (Å²) in [5.74, 6) is 0.615. The van der Waals surface area contributed by atoms with Crippen molar-refractivity contribution in [2.75, 3.05) is 63.8 Å². The van der Waals surface area contributed by atoms with Crippen LogP contribution in [0.2, 0.25) is 0 Å². The fraction of sp³-hybridized carbons (Fsp3) is 0.688. The number of carbonyl (C=O) groups excluding carboxylic acids is 1. The van der Waals surface area contributed by atoms with Gasteiger partial charge in [-0.15, -0.1) is 10.2 Å². The summed E-state index contributed by atoms with van der Waals surface area (Å²) in [6.45, 7) is 14.3. The highest BCUT2D eigenvalue weighted by Crippen LogP contribution is 2.44. The fourth-order valence-electron chi connectivity index (χ4n) is 7.56. The van der Waals surface area contributed by atoms with E-state index in [0.717, 1.165) is 58.4 Å². The summed E-state index contributed by atoms with van der Waals surface area (Å²) in [7, 11) is -3.38. The normalized spacial score (nSPS) is 21.7. The minimum Gasteiger partial charge on any atom is -0.434 e. The number of hydrogen-bond donors (Lipinski definition) is 1. The first-order valence-electron chi connectivity index (χ1n) is 16.8. The molecule has 1 aromatic carbocycles. The first-order chi connectivity index (χ1) is 22.3. The van der Waals surface area contributed by atoms with Crippen molar-refractivity contribution in [3.63, 3.8) is 0 Å². The number of carbonyl (C=O) groups is 1. The molecule has 0 bridgehead atoms. The van der Waals surface area contributed by atoms with E-state index < -0.39 is 16.0 Å². The number of halogens is 1. The molecule has 0 radical (unpaired) electrons. The van der Waals surface area contributed by atoms with Gasteiger partial charge in [-0.25, -0.2) is 9.37 Å². The Morgan fingerprint density at radius 1 is 1.06 bits per heavy atom. The number of likely N-dealkylation sites (tertiary alicyclic amines) is 1. The molecule has 2 aromatic rings. The van der Waals surface area contributed by atoms with E-state index in [-0.39, 0.29) is 46.6 Å². The molecular weight excluding hydrogens is 625 g/mol. The Morgan fingerprint density at radius 3 is 2.34 bits per heavy atom. The predicted molar refractivity (Wildman–Crippen MR) is 176 cm³/mol. The molecule has 5 heterocycles. The van der Waals surface area contributed by atoms with Gasteiger partial charge < -0.3 is 25.2 Å². The largest absolute Gasteiger partial charge is 0.434 e. The molecule has 47 heavy (non-hydrogen) atoms. The Bertz CT molecular complexity index is 1520. The maximum atomic E-state index is 14.3. The van der Waals surface area contributed by atoms with Crippen molar-refractivity contribution in [2.45, 2.75) is 71.5 Å². The van der Waals surface area contributed by atoms with Gasteiger partial charge in [0.05, 0.1) is 5.56 Å². The maximum Gasteiger partial charge on any atom is 0.282 e. The van der Waals surface area contributed by atoms with Gasteiger partial charge in [0.25, 0.3) is 22.0 Å². The number of ether oxygens (including phenoxy) is 1. The van der Waals surface area contributed by atoms with E-state index in [2.05, 4.69) is 25.0 Å². The Morgan fingerprint density at radius 2 is 1.72 bits per heavy atom. The van der Waals surface area contributed by atoms with Gasteiger partial charge in [0.15, 0.2) is 5.82 Å². The lowest BCUT2D eigenvalue weighted by Gasteiger charge is -2.54. The van der Waals surface area contributed by atoms with E-state index in [1.807, 2.05) is 27.7 Å². The van der Waals surface area contributed by atoms with Crippen LogP contribution in [0, 0.1) is 17.2 Å². The van der Waals surface area contributed by atoms with E-state index in [1.165, 1.54) is 28.8 Å². The fourth-order valence-corrected chi connectivity index (χ4v) is 9.32. The summed E-state index contributed by atoms with van der Waals surface area (Å²) in [4.78, 5) is 24.4. The molecule has 258 valence electrons. The molecule has 0 aliphatic carbocycles. The van der Waals surface area contributed by atoms with E-state index in [4.69, 9.17) is 10.5 Å². The van der Waals surface area contributed by atoms with Gasteiger partial charge in [0.2, 0.25) is 0 Å². The zero-order chi connectivity index (χ0) is 33.5. The number of aromatic nitrogens is 3. The van der Waals surface area contributed by atoms with Gasteiger partial charge in [0.1, 0.15) is 17.9 Å². The van der Waals surface area contributed by atoms with Crippen LogP contribution in [-0.4, -0.2) is 125 Å². The Kier molecular flexibility index (Phi) is 9.74. The van der Waals surface area contributed by atoms with E-state index in [9.17, 15) is 17.6 Å². The third kappa shape index (κ3) is 7.09. The molecule has 4 aliphatic heterocycles. The Labute approximate surface area is 277 Å². The van der Waals surface area contributed by atoms with Crippen molar-refractivity contribution >= 4 is 21.9 Å². The molecule has 13 nitrogen and oxygen atoms in total. The average molecular weight is 674 g/mol. The summed E-state index contributed by atoms with van der Waals surface area (Å²) in [6, 6.07) is 3.73. The molecule has 4 fully saturated rings. The van der Waals surface area contributed by atoms with E-state index in [0.29, 0.717) is 37.9 Å². The zero-order valence-corrected chi connectivity index (χ0v) is 28.7. The molecule has 4 saturated heterocycles. The second-order valence-electron chi connectivity index (χ2n) is 14.3. The van der Waals surface area contributed by atoms with Crippen molar-refractivity contribution in [3.8, 4) is 11.6 Å². The topological polar surface area (TPSA) is 141 Å². The lowest BCUT2D eigenvalue weighted by Crippen LogP contribution is -2.62. The molecule has 1 amide bonds. The highest BCUT2D eigenvalue weighted by Gasteiger charge is 2.47. The lowest BCUT2D eigenvalue weighted by molar-refractivity contribution is 0.0605. The Balaban J connectivity index is 1.03. The molecular formula is C32H48FN9O4S. The van der Waals surface area contributed by atoms with Crippen molar-refractivity contribution in [2.24, 2.45) is 17.1 Å². The summed E-state index contributed by atoms with van der Waals surface area (Å²) in [5.41, 5.74) is 6.11. The van der Waals surface area contributed by atoms with Gasteiger partial charge in [-0.1, -0.05) is 0 Å². The van der Waals surface area contributed by atoms with Crippen molar-refractivity contribution in [1.29, 1.82) is 0 Å². The first kappa shape index (κ1) is 33.9. The quantitative estimate of drug-likeness (QED) is 0.400. The first-order valence-corrected chi connectivity index (χ1v) is 18.2. The van der Waals surface area contributed by atoms with Crippen molar-refractivity contribution in [3.05, 3.63) is 35.9 Å². The maximum absolute atomic E-state index is 14.3. The van der Waals surface area contributed by atoms with Gasteiger partial charge in [-0.3, -0.25) is 4.79 Å². The second kappa shape index (κ2) is 13.5. The Hall–Kier alpha value is -2.98. The van der Waals surface area contributed by atoms with E-state index in [1.54, 1.807) is 9.21 Å². The number of nitrogens with two attached hydrogens (primary N) is 1. The third-order valence-corrected chi connectivity index (χ3v) is 12.2.